The molecule has 1 aromatic rings. The first-order valence-corrected chi connectivity index (χ1v) is 6.20. The molecule has 5 heteroatoms. The van der Waals surface area contributed by atoms with Crippen molar-refractivity contribution in [1.29, 1.82) is 0 Å². The van der Waals surface area contributed by atoms with E-state index in [1.54, 1.807) is 0 Å². The van der Waals surface area contributed by atoms with Crippen LogP contribution in [0.15, 0.2) is 16.6 Å². The summed E-state index contributed by atoms with van der Waals surface area (Å²) in [5.41, 5.74) is 0.789. The highest BCUT2D eigenvalue weighted by molar-refractivity contribution is 9.10. The van der Waals surface area contributed by atoms with Crippen molar-refractivity contribution < 1.29 is 4.74 Å². The molecule has 1 saturated heterocycles. The van der Waals surface area contributed by atoms with Gasteiger partial charge in [0.2, 0.25) is 0 Å². The van der Waals surface area contributed by atoms with E-state index >= 15 is 0 Å². The van der Waals surface area contributed by atoms with Crippen molar-refractivity contribution in [3.8, 4) is 0 Å². The lowest BCUT2D eigenvalue weighted by Gasteiger charge is -2.15. The molecule has 0 aromatic heterocycles. The fourth-order valence-electron chi connectivity index (χ4n) is 1.53. The standard InChI is InChI=1S/C10H10BrCl2NO/c11-6-3-8(12)10(9(13)4-6)14-7-1-2-15-5-7/h3-4,7,14H,1-2,5H2. The second kappa shape index (κ2) is 4.91. The van der Waals surface area contributed by atoms with Gasteiger partial charge in [0.25, 0.3) is 0 Å². The van der Waals surface area contributed by atoms with E-state index in [1.165, 1.54) is 0 Å². The summed E-state index contributed by atoms with van der Waals surface area (Å²) in [4.78, 5) is 0. The van der Waals surface area contributed by atoms with Gasteiger partial charge in [-0.05, 0) is 18.6 Å². The third-order valence-electron chi connectivity index (χ3n) is 2.29. The van der Waals surface area contributed by atoms with Crippen LogP contribution in [0, 0.1) is 0 Å². The molecule has 15 heavy (non-hydrogen) atoms. The van der Waals surface area contributed by atoms with Crippen LogP contribution in [-0.4, -0.2) is 19.3 Å². The van der Waals surface area contributed by atoms with Gasteiger partial charge in [0.05, 0.1) is 28.4 Å². The van der Waals surface area contributed by atoms with E-state index in [0.717, 1.165) is 23.2 Å². The smallest absolute Gasteiger partial charge is 0.0722 e. The number of hydrogen-bond donors (Lipinski definition) is 1. The summed E-state index contributed by atoms with van der Waals surface area (Å²) in [6.07, 6.45) is 0.989. The minimum Gasteiger partial charge on any atom is -0.379 e. The quantitative estimate of drug-likeness (QED) is 0.893. The van der Waals surface area contributed by atoms with Gasteiger partial charge in [0, 0.05) is 11.1 Å². The molecule has 1 fully saturated rings. The number of nitrogens with one attached hydrogen (secondary N) is 1. The maximum absolute atomic E-state index is 6.10. The van der Waals surface area contributed by atoms with Crippen molar-refractivity contribution in [2.45, 2.75) is 12.5 Å². The molecule has 1 heterocycles. The van der Waals surface area contributed by atoms with Gasteiger partial charge in [-0.3, -0.25) is 0 Å². The molecule has 1 unspecified atom stereocenters. The van der Waals surface area contributed by atoms with Crippen molar-refractivity contribution in [2.75, 3.05) is 18.5 Å². The van der Waals surface area contributed by atoms with E-state index in [0.29, 0.717) is 22.7 Å². The van der Waals surface area contributed by atoms with Crippen LogP contribution in [0.4, 0.5) is 5.69 Å². The Labute approximate surface area is 107 Å². The molecule has 1 aromatic carbocycles. The highest BCUT2D eigenvalue weighted by Gasteiger charge is 2.18. The van der Waals surface area contributed by atoms with Crippen molar-refractivity contribution in [1.82, 2.24) is 0 Å². The maximum Gasteiger partial charge on any atom is 0.0722 e. The molecule has 0 radical (unpaired) electrons. The average Bonchev–Trinajstić information content (AvgIpc) is 2.63. The van der Waals surface area contributed by atoms with E-state index in [-0.39, 0.29) is 0 Å². The van der Waals surface area contributed by atoms with Crippen LogP contribution in [0.2, 0.25) is 10.0 Å². The minimum absolute atomic E-state index is 0.307. The third-order valence-corrected chi connectivity index (χ3v) is 3.34. The summed E-state index contributed by atoms with van der Waals surface area (Å²) in [6, 6.07) is 3.96. The van der Waals surface area contributed by atoms with Crippen LogP contribution >= 0.6 is 39.1 Å². The summed E-state index contributed by atoms with van der Waals surface area (Å²) >= 11 is 15.5. The first-order valence-electron chi connectivity index (χ1n) is 4.65. The SMILES string of the molecule is Clc1cc(Br)cc(Cl)c1NC1CCOC1. The minimum atomic E-state index is 0.307. The number of rotatable bonds is 2. The first kappa shape index (κ1) is 11.5. The van der Waals surface area contributed by atoms with Gasteiger partial charge in [-0.1, -0.05) is 39.1 Å². The van der Waals surface area contributed by atoms with Crippen LogP contribution in [-0.2, 0) is 4.74 Å². The number of hydrogen-bond acceptors (Lipinski definition) is 2. The van der Waals surface area contributed by atoms with Crippen molar-refractivity contribution in [3.05, 3.63) is 26.7 Å². The summed E-state index contributed by atoms with van der Waals surface area (Å²) in [6.45, 7) is 1.51. The van der Waals surface area contributed by atoms with Crippen LogP contribution in [0.25, 0.3) is 0 Å². The lowest BCUT2D eigenvalue weighted by Crippen LogP contribution is -2.19. The van der Waals surface area contributed by atoms with Gasteiger partial charge >= 0.3 is 0 Å². The van der Waals surface area contributed by atoms with Crippen LogP contribution in [0.1, 0.15) is 6.42 Å². The molecule has 0 aliphatic carbocycles. The van der Waals surface area contributed by atoms with Crippen LogP contribution < -0.4 is 5.32 Å². The number of anilines is 1. The molecule has 0 bridgehead atoms. The zero-order chi connectivity index (χ0) is 10.8. The summed E-state index contributed by atoms with van der Waals surface area (Å²) in [5, 5.41) is 4.55. The molecule has 1 aliphatic rings. The Morgan fingerprint density at radius 1 is 1.33 bits per heavy atom. The highest BCUT2D eigenvalue weighted by Crippen LogP contribution is 2.34. The zero-order valence-electron chi connectivity index (χ0n) is 7.90. The van der Waals surface area contributed by atoms with Gasteiger partial charge in [0.1, 0.15) is 0 Å². The molecule has 0 saturated carbocycles. The largest absolute Gasteiger partial charge is 0.379 e. The molecule has 2 nitrogen and oxygen atoms in total. The van der Waals surface area contributed by atoms with E-state index in [2.05, 4.69) is 21.2 Å². The van der Waals surface area contributed by atoms with E-state index in [4.69, 9.17) is 27.9 Å². The number of ether oxygens (including phenoxy) is 1. The Morgan fingerprint density at radius 3 is 2.53 bits per heavy atom. The Bertz CT molecular complexity index is 343. The van der Waals surface area contributed by atoms with Gasteiger partial charge in [-0.25, -0.2) is 0 Å². The van der Waals surface area contributed by atoms with Gasteiger partial charge in [-0.15, -0.1) is 0 Å². The predicted molar refractivity (Wildman–Crippen MR) is 67.0 cm³/mol. The normalized spacial score (nSPS) is 20.6. The molecule has 0 amide bonds. The monoisotopic (exact) mass is 309 g/mol. The zero-order valence-corrected chi connectivity index (χ0v) is 11.0. The Kier molecular flexibility index (Phi) is 3.78. The van der Waals surface area contributed by atoms with E-state index in [1.807, 2.05) is 12.1 Å². The molecule has 2 rings (SSSR count). The van der Waals surface area contributed by atoms with Crippen molar-refractivity contribution in [3.63, 3.8) is 0 Å². The highest BCUT2D eigenvalue weighted by atomic mass is 79.9. The lowest BCUT2D eigenvalue weighted by molar-refractivity contribution is 0.195. The second-order valence-electron chi connectivity index (χ2n) is 3.45. The molecular formula is C10H10BrCl2NO. The molecule has 0 spiro atoms. The van der Waals surface area contributed by atoms with E-state index in [9.17, 15) is 0 Å². The van der Waals surface area contributed by atoms with Crippen LogP contribution in [0.3, 0.4) is 0 Å². The van der Waals surface area contributed by atoms with Gasteiger partial charge < -0.3 is 10.1 Å². The van der Waals surface area contributed by atoms with Crippen LogP contribution in [0.5, 0.6) is 0 Å². The fraction of sp³-hybridized carbons (Fsp3) is 0.400. The Morgan fingerprint density at radius 2 is 2.00 bits per heavy atom. The average molecular weight is 311 g/mol. The summed E-state index contributed by atoms with van der Waals surface area (Å²) < 4.78 is 6.16. The Balaban J connectivity index is 2.19. The maximum atomic E-state index is 6.10. The second-order valence-corrected chi connectivity index (χ2v) is 5.18. The van der Waals surface area contributed by atoms with E-state index < -0.39 is 0 Å². The number of halogens is 3. The van der Waals surface area contributed by atoms with Gasteiger partial charge in [0.15, 0.2) is 0 Å². The number of benzene rings is 1. The molecule has 1 aliphatic heterocycles. The lowest BCUT2D eigenvalue weighted by atomic mass is 10.2. The molecule has 1 atom stereocenters. The predicted octanol–water partition coefficient (Wildman–Crippen LogP) is 3.96. The molecule has 1 N–H and O–H groups in total. The molecule has 82 valence electrons. The summed E-state index contributed by atoms with van der Waals surface area (Å²) in [5.74, 6) is 0. The first-order chi connectivity index (χ1) is 7.16. The Hall–Kier alpha value is 0.0400. The van der Waals surface area contributed by atoms with Crippen molar-refractivity contribution in [2.24, 2.45) is 0 Å². The topological polar surface area (TPSA) is 21.3 Å². The molecular weight excluding hydrogens is 301 g/mol. The van der Waals surface area contributed by atoms with Crippen molar-refractivity contribution >= 4 is 44.8 Å². The summed E-state index contributed by atoms with van der Waals surface area (Å²) in [7, 11) is 0. The van der Waals surface area contributed by atoms with Gasteiger partial charge in [-0.2, -0.15) is 0 Å². The third kappa shape index (κ3) is 2.78. The fourth-order valence-corrected chi connectivity index (χ4v) is 2.85.